The Kier molecular flexibility index (Phi) is 6.10. The molecule has 0 aliphatic heterocycles. The summed E-state index contributed by atoms with van der Waals surface area (Å²) in [7, 11) is 0. The van der Waals surface area contributed by atoms with E-state index in [2.05, 4.69) is 52.0 Å². The molecule has 2 aromatic rings. The van der Waals surface area contributed by atoms with Crippen LogP contribution in [0.3, 0.4) is 0 Å². The van der Waals surface area contributed by atoms with Crippen LogP contribution in [0.1, 0.15) is 50.7 Å². The molecule has 2 nitrogen and oxygen atoms in total. The van der Waals surface area contributed by atoms with E-state index in [4.69, 9.17) is 10.8 Å². The average molecular weight is 271 g/mol. The Morgan fingerprint density at radius 2 is 1.05 bits per heavy atom. The van der Waals surface area contributed by atoms with Gasteiger partial charge in [0.15, 0.2) is 0 Å². The van der Waals surface area contributed by atoms with Gasteiger partial charge in [-0.3, -0.25) is 0 Å². The molecule has 0 spiro atoms. The molecular weight excluding hydrogens is 246 g/mol. The Morgan fingerprint density at radius 3 is 1.30 bits per heavy atom. The van der Waals surface area contributed by atoms with Gasteiger partial charge in [0.05, 0.1) is 0 Å². The summed E-state index contributed by atoms with van der Waals surface area (Å²) in [6.45, 7) is 8.91. The number of aromatic hydroxyl groups is 1. The molecule has 0 saturated heterocycles. The van der Waals surface area contributed by atoms with Crippen molar-refractivity contribution < 1.29 is 5.11 Å². The molecule has 2 heteroatoms. The third-order valence-corrected chi connectivity index (χ3v) is 3.16. The summed E-state index contributed by atoms with van der Waals surface area (Å²) < 4.78 is 0. The van der Waals surface area contributed by atoms with Gasteiger partial charge >= 0.3 is 0 Å². The number of anilines is 1. The summed E-state index contributed by atoms with van der Waals surface area (Å²) in [6.07, 6.45) is 0. The number of phenols is 1. The van der Waals surface area contributed by atoms with E-state index in [0.717, 1.165) is 0 Å². The fourth-order valence-corrected chi connectivity index (χ4v) is 1.74. The molecule has 108 valence electrons. The van der Waals surface area contributed by atoms with Crippen molar-refractivity contribution in [1.82, 2.24) is 0 Å². The quantitative estimate of drug-likeness (QED) is 0.602. The van der Waals surface area contributed by atoms with E-state index < -0.39 is 0 Å². The fraction of sp³-hybridized carbons (Fsp3) is 0.333. The molecular formula is C18H25NO. The van der Waals surface area contributed by atoms with Crippen molar-refractivity contribution in [3.8, 4) is 5.75 Å². The van der Waals surface area contributed by atoms with E-state index in [1.54, 1.807) is 24.3 Å². The third-order valence-electron chi connectivity index (χ3n) is 3.16. The van der Waals surface area contributed by atoms with Gasteiger partial charge in [0.1, 0.15) is 5.75 Å². The Hall–Kier alpha value is -1.96. The molecule has 0 radical (unpaired) electrons. The summed E-state index contributed by atoms with van der Waals surface area (Å²) in [5, 5.41) is 8.70. The Balaban J connectivity index is 0.000000217. The van der Waals surface area contributed by atoms with Gasteiger partial charge in [0.25, 0.3) is 0 Å². The average Bonchev–Trinajstić information content (AvgIpc) is 2.43. The number of phenolic OH excluding ortho intramolecular Hbond substituents is 1. The Morgan fingerprint density at radius 1 is 0.700 bits per heavy atom. The number of benzene rings is 2. The van der Waals surface area contributed by atoms with Crippen LogP contribution in [-0.4, -0.2) is 5.11 Å². The summed E-state index contributed by atoms with van der Waals surface area (Å²) in [5.41, 5.74) is 8.84. The second-order valence-electron chi connectivity index (χ2n) is 5.57. The maximum atomic E-state index is 8.70. The predicted molar refractivity (Wildman–Crippen MR) is 87.1 cm³/mol. The molecule has 2 rings (SSSR count). The molecule has 2 aromatic carbocycles. The smallest absolute Gasteiger partial charge is 0.115 e. The van der Waals surface area contributed by atoms with E-state index >= 15 is 0 Å². The highest BCUT2D eigenvalue weighted by molar-refractivity contribution is 5.40. The number of hydrogen-bond donors (Lipinski definition) is 2. The molecule has 0 aromatic heterocycles. The van der Waals surface area contributed by atoms with E-state index in [1.165, 1.54) is 11.1 Å². The first-order chi connectivity index (χ1) is 9.40. The SMILES string of the molecule is CC(C)c1ccc(C(C)C)cc1.Nc1ccc(O)cc1. The second-order valence-corrected chi connectivity index (χ2v) is 5.57. The monoisotopic (exact) mass is 271 g/mol. The lowest BCUT2D eigenvalue weighted by Gasteiger charge is -2.08. The van der Waals surface area contributed by atoms with Gasteiger partial charge in [0.2, 0.25) is 0 Å². The predicted octanol–water partition coefficient (Wildman–Crippen LogP) is 4.91. The van der Waals surface area contributed by atoms with E-state index in [9.17, 15) is 0 Å². The standard InChI is InChI=1S/C12H18.C6H7NO/c1-9(2)11-5-7-12(8-6-11)10(3)4;7-5-1-3-6(8)4-2-5/h5-10H,1-4H3;1-4,8H,7H2. The van der Waals surface area contributed by atoms with Crippen molar-refractivity contribution in [2.24, 2.45) is 0 Å². The van der Waals surface area contributed by atoms with Crippen LogP contribution in [0.25, 0.3) is 0 Å². The normalized spacial score (nSPS) is 10.3. The first kappa shape index (κ1) is 16.1. The summed E-state index contributed by atoms with van der Waals surface area (Å²) in [6, 6.07) is 15.3. The summed E-state index contributed by atoms with van der Waals surface area (Å²) in [5.74, 6) is 1.54. The zero-order chi connectivity index (χ0) is 15.1. The zero-order valence-electron chi connectivity index (χ0n) is 12.8. The van der Waals surface area contributed by atoms with Gasteiger partial charge < -0.3 is 10.8 Å². The lowest BCUT2D eigenvalue weighted by atomic mass is 9.97. The van der Waals surface area contributed by atoms with Crippen molar-refractivity contribution in [3.05, 3.63) is 59.7 Å². The molecule has 0 aliphatic rings. The molecule has 0 unspecified atom stereocenters. The topological polar surface area (TPSA) is 46.2 Å². The van der Waals surface area contributed by atoms with E-state index in [0.29, 0.717) is 17.5 Å². The Labute approximate surface area is 122 Å². The van der Waals surface area contributed by atoms with Crippen molar-refractivity contribution in [2.45, 2.75) is 39.5 Å². The number of nitrogens with two attached hydrogens (primary N) is 1. The van der Waals surface area contributed by atoms with Gasteiger partial charge in [-0.2, -0.15) is 0 Å². The van der Waals surface area contributed by atoms with Crippen molar-refractivity contribution >= 4 is 5.69 Å². The molecule has 0 aliphatic carbocycles. The number of hydrogen-bond acceptors (Lipinski definition) is 2. The van der Waals surface area contributed by atoms with Crippen LogP contribution in [0, 0.1) is 0 Å². The molecule has 0 amide bonds. The van der Waals surface area contributed by atoms with E-state index in [-0.39, 0.29) is 5.75 Å². The summed E-state index contributed by atoms with van der Waals surface area (Å²) in [4.78, 5) is 0. The van der Waals surface area contributed by atoms with Gasteiger partial charge in [0, 0.05) is 5.69 Å². The van der Waals surface area contributed by atoms with Crippen LogP contribution in [0.2, 0.25) is 0 Å². The first-order valence-electron chi connectivity index (χ1n) is 7.04. The van der Waals surface area contributed by atoms with Crippen LogP contribution < -0.4 is 5.73 Å². The van der Waals surface area contributed by atoms with Gasteiger partial charge in [-0.1, -0.05) is 52.0 Å². The highest BCUT2D eigenvalue weighted by Gasteiger charge is 2.00. The molecule has 0 atom stereocenters. The highest BCUT2D eigenvalue weighted by Crippen LogP contribution is 2.19. The lowest BCUT2D eigenvalue weighted by molar-refractivity contribution is 0.475. The number of nitrogen functional groups attached to an aromatic ring is 1. The molecule has 0 heterocycles. The van der Waals surface area contributed by atoms with Crippen LogP contribution in [0.4, 0.5) is 5.69 Å². The fourth-order valence-electron chi connectivity index (χ4n) is 1.74. The number of rotatable bonds is 2. The second kappa shape index (κ2) is 7.59. The van der Waals surface area contributed by atoms with Gasteiger partial charge in [-0.25, -0.2) is 0 Å². The van der Waals surface area contributed by atoms with Crippen LogP contribution in [-0.2, 0) is 0 Å². The highest BCUT2D eigenvalue weighted by atomic mass is 16.3. The molecule has 20 heavy (non-hydrogen) atoms. The molecule has 0 fully saturated rings. The van der Waals surface area contributed by atoms with Gasteiger partial charge in [-0.15, -0.1) is 0 Å². The maximum absolute atomic E-state index is 8.70. The first-order valence-corrected chi connectivity index (χ1v) is 7.04. The minimum Gasteiger partial charge on any atom is -0.508 e. The van der Waals surface area contributed by atoms with Gasteiger partial charge in [-0.05, 0) is 47.2 Å². The molecule has 0 saturated carbocycles. The van der Waals surface area contributed by atoms with Crippen LogP contribution in [0.5, 0.6) is 5.75 Å². The lowest BCUT2D eigenvalue weighted by Crippen LogP contribution is -1.90. The third kappa shape index (κ3) is 5.35. The van der Waals surface area contributed by atoms with Crippen LogP contribution >= 0.6 is 0 Å². The minimum absolute atomic E-state index is 0.249. The Bertz CT molecular complexity index is 450. The summed E-state index contributed by atoms with van der Waals surface area (Å²) >= 11 is 0. The maximum Gasteiger partial charge on any atom is 0.115 e. The van der Waals surface area contributed by atoms with Crippen LogP contribution in [0.15, 0.2) is 48.5 Å². The largest absolute Gasteiger partial charge is 0.508 e. The van der Waals surface area contributed by atoms with Crippen molar-refractivity contribution in [3.63, 3.8) is 0 Å². The van der Waals surface area contributed by atoms with Crippen molar-refractivity contribution in [1.29, 1.82) is 0 Å². The minimum atomic E-state index is 0.249. The zero-order valence-corrected chi connectivity index (χ0v) is 12.8. The van der Waals surface area contributed by atoms with Crippen molar-refractivity contribution in [2.75, 3.05) is 5.73 Å². The molecule has 3 N–H and O–H groups in total. The van der Waals surface area contributed by atoms with E-state index in [1.807, 2.05) is 0 Å². The molecule has 0 bridgehead atoms.